The molecule has 5 nitrogen and oxygen atoms in total. The number of nitrogens with zero attached hydrogens (tertiary/aromatic N) is 1. The van der Waals surface area contributed by atoms with Gasteiger partial charge in [-0.05, 0) is 19.1 Å². The van der Waals surface area contributed by atoms with Crippen LogP contribution in [0.3, 0.4) is 0 Å². The number of anilines is 1. The monoisotopic (exact) mass is 243 g/mol. The van der Waals surface area contributed by atoms with Crippen LogP contribution in [0.15, 0.2) is 12.1 Å². The average molecular weight is 244 g/mol. The molecule has 1 aromatic rings. The van der Waals surface area contributed by atoms with Gasteiger partial charge in [0.25, 0.3) is 5.91 Å². The number of ether oxygens (including phenoxy) is 1. The maximum atomic E-state index is 11.7. The zero-order valence-electron chi connectivity index (χ0n) is 9.16. The van der Waals surface area contributed by atoms with E-state index in [1.807, 2.05) is 6.92 Å². The molecule has 0 aliphatic heterocycles. The van der Waals surface area contributed by atoms with Crippen LogP contribution in [-0.2, 0) is 4.74 Å². The highest BCUT2D eigenvalue weighted by atomic mass is 35.5. The molecule has 0 radical (unpaired) electrons. The van der Waals surface area contributed by atoms with Crippen LogP contribution in [0.1, 0.15) is 17.4 Å². The molecule has 1 heterocycles. The first-order valence-corrected chi connectivity index (χ1v) is 5.15. The van der Waals surface area contributed by atoms with Crippen LogP contribution in [0.25, 0.3) is 0 Å². The van der Waals surface area contributed by atoms with E-state index in [9.17, 15) is 4.79 Å². The van der Waals surface area contributed by atoms with Crippen LogP contribution in [-0.4, -0.2) is 30.6 Å². The van der Waals surface area contributed by atoms with E-state index in [0.29, 0.717) is 6.54 Å². The minimum absolute atomic E-state index is 0.0659. The normalized spacial score (nSPS) is 12.2. The van der Waals surface area contributed by atoms with E-state index in [2.05, 4.69) is 10.3 Å². The lowest BCUT2D eigenvalue weighted by Crippen LogP contribution is -2.32. The van der Waals surface area contributed by atoms with E-state index < -0.39 is 0 Å². The number of halogens is 1. The van der Waals surface area contributed by atoms with Crippen LogP contribution in [0.5, 0.6) is 0 Å². The third-order valence-electron chi connectivity index (χ3n) is 2.04. The highest BCUT2D eigenvalue weighted by molar-refractivity contribution is 6.33. The number of aromatic nitrogens is 1. The molecular weight excluding hydrogens is 230 g/mol. The third kappa shape index (κ3) is 3.36. The zero-order valence-corrected chi connectivity index (χ0v) is 9.91. The number of pyridine rings is 1. The Kier molecular flexibility index (Phi) is 4.52. The molecule has 1 unspecified atom stereocenters. The second-order valence-electron chi connectivity index (χ2n) is 3.32. The van der Waals surface area contributed by atoms with Crippen molar-refractivity contribution in [3.8, 4) is 0 Å². The maximum Gasteiger partial charge on any atom is 0.271 e. The molecule has 1 amide bonds. The average Bonchev–Trinajstić information content (AvgIpc) is 2.28. The number of nitrogens with two attached hydrogens (primary N) is 1. The number of nitrogens with one attached hydrogen (secondary N) is 1. The summed E-state index contributed by atoms with van der Waals surface area (Å²) in [7, 11) is 1.57. The summed E-state index contributed by atoms with van der Waals surface area (Å²) < 4.78 is 5.00. The largest absolute Gasteiger partial charge is 0.384 e. The van der Waals surface area contributed by atoms with Crippen molar-refractivity contribution >= 4 is 23.3 Å². The number of nitrogen functional groups attached to an aromatic ring is 1. The van der Waals surface area contributed by atoms with Gasteiger partial charge < -0.3 is 15.8 Å². The molecule has 0 saturated heterocycles. The van der Waals surface area contributed by atoms with Gasteiger partial charge in [-0.1, -0.05) is 11.6 Å². The number of hydrogen-bond donors (Lipinski definition) is 2. The summed E-state index contributed by atoms with van der Waals surface area (Å²) in [5.41, 5.74) is 5.60. The van der Waals surface area contributed by atoms with Gasteiger partial charge >= 0.3 is 0 Å². The Hall–Kier alpha value is -1.33. The Labute approximate surface area is 98.9 Å². The molecular formula is C10H14ClN3O2. The molecule has 1 atom stereocenters. The van der Waals surface area contributed by atoms with Gasteiger partial charge in [-0.25, -0.2) is 4.98 Å². The SMILES string of the molecule is COC(C)CNC(=O)c1nc(N)ccc1Cl. The van der Waals surface area contributed by atoms with Crippen LogP contribution in [0, 0.1) is 0 Å². The Morgan fingerprint density at radius 3 is 3.00 bits per heavy atom. The molecule has 0 aromatic carbocycles. The fourth-order valence-electron chi connectivity index (χ4n) is 1.02. The molecule has 0 fully saturated rings. The molecule has 1 aromatic heterocycles. The van der Waals surface area contributed by atoms with Gasteiger partial charge in [-0.3, -0.25) is 4.79 Å². The van der Waals surface area contributed by atoms with E-state index in [1.165, 1.54) is 6.07 Å². The zero-order chi connectivity index (χ0) is 12.1. The van der Waals surface area contributed by atoms with E-state index in [0.717, 1.165) is 0 Å². The van der Waals surface area contributed by atoms with Crippen molar-refractivity contribution in [1.82, 2.24) is 10.3 Å². The molecule has 0 saturated carbocycles. The van der Waals surface area contributed by atoms with E-state index in [1.54, 1.807) is 13.2 Å². The van der Waals surface area contributed by atoms with Crippen molar-refractivity contribution in [3.63, 3.8) is 0 Å². The second-order valence-corrected chi connectivity index (χ2v) is 3.73. The summed E-state index contributed by atoms with van der Waals surface area (Å²) in [6.45, 7) is 2.23. The van der Waals surface area contributed by atoms with Gasteiger partial charge in [0, 0.05) is 13.7 Å². The molecule has 0 aliphatic rings. The summed E-state index contributed by atoms with van der Waals surface area (Å²) >= 11 is 5.83. The Morgan fingerprint density at radius 2 is 2.38 bits per heavy atom. The molecule has 88 valence electrons. The van der Waals surface area contributed by atoms with Gasteiger partial charge in [0.15, 0.2) is 0 Å². The van der Waals surface area contributed by atoms with E-state index in [-0.39, 0.29) is 28.5 Å². The van der Waals surface area contributed by atoms with Gasteiger partial charge in [0.2, 0.25) is 0 Å². The molecule has 0 bridgehead atoms. The molecule has 3 N–H and O–H groups in total. The number of amides is 1. The summed E-state index contributed by atoms with van der Waals surface area (Å²) in [6, 6.07) is 3.08. The van der Waals surface area contributed by atoms with Crippen LogP contribution in [0.2, 0.25) is 5.02 Å². The first kappa shape index (κ1) is 12.7. The quantitative estimate of drug-likeness (QED) is 0.830. The van der Waals surface area contributed by atoms with Crippen molar-refractivity contribution in [1.29, 1.82) is 0 Å². The fraction of sp³-hybridized carbons (Fsp3) is 0.400. The first-order valence-electron chi connectivity index (χ1n) is 4.77. The highest BCUT2D eigenvalue weighted by Crippen LogP contribution is 2.14. The molecule has 1 rings (SSSR count). The Bertz CT molecular complexity index is 384. The van der Waals surface area contributed by atoms with Crippen molar-refractivity contribution in [3.05, 3.63) is 22.8 Å². The number of methoxy groups -OCH3 is 1. The molecule has 16 heavy (non-hydrogen) atoms. The lowest BCUT2D eigenvalue weighted by molar-refractivity contribution is 0.0866. The standard InChI is InChI=1S/C10H14ClN3O2/c1-6(16-2)5-13-10(15)9-7(11)3-4-8(12)14-9/h3-4,6H,5H2,1-2H3,(H2,12,14)(H,13,15). The smallest absolute Gasteiger partial charge is 0.271 e. The Morgan fingerprint density at radius 1 is 1.69 bits per heavy atom. The molecule has 0 spiro atoms. The predicted octanol–water partition coefficient (Wildman–Crippen LogP) is 1.08. The van der Waals surface area contributed by atoms with Gasteiger partial charge in [0.1, 0.15) is 11.5 Å². The Balaban J connectivity index is 2.69. The van der Waals surface area contributed by atoms with Crippen molar-refractivity contribution in [2.75, 3.05) is 19.4 Å². The molecule has 0 aliphatic carbocycles. The summed E-state index contributed by atoms with van der Waals surface area (Å²) in [5, 5.41) is 2.93. The number of carbonyl (C=O) groups excluding carboxylic acids is 1. The van der Waals surface area contributed by atoms with Gasteiger partial charge in [-0.15, -0.1) is 0 Å². The minimum Gasteiger partial charge on any atom is -0.384 e. The second kappa shape index (κ2) is 5.67. The highest BCUT2D eigenvalue weighted by Gasteiger charge is 2.13. The lowest BCUT2D eigenvalue weighted by Gasteiger charge is -2.11. The van der Waals surface area contributed by atoms with E-state index >= 15 is 0 Å². The molecule has 6 heteroatoms. The van der Waals surface area contributed by atoms with Crippen molar-refractivity contribution in [2.24, 2.45) is 0 Å². The summed E-state index contributed by atoms with van der Waals surface area (Å²) in [4.78, 5) is 15.5. The lowest BCUT2D eigenvalue weighted by atomic mass is 10.3. The predicted molar refractivity (Wildman–Crippen MR) is 62.5 cm³/mol. The number of rotatable bonds is 4. The van der Waals surface area contributed by atoms with Crippen molar-refractivity contribution in [2.45, 2.75) is 13.0 Å². The van der Waals surface area contributed by atoms with Crippen LogP contribution >= 0.6 is 11.6 Å². The summed E-state index contributed by atoms with van der Waals surface area (Å²) in [5.74, 6) is -0.101. The minimum atomic E-state index is -0.360. The third-order valence-corrected chi connectivity index (χ3v) is 2.34. The van der Waals surface area contributed by atoms with Crippen molar-refractivity contribution < 1.29 is 9.53 Å². The number of hydrogen-bond acceptors (Lipinski definition) is 4. The fourth-order valence-corrected chi connectivity index (χ4v) is 1.21. The topological polar surface area (TPSA) is 77.2 Å². The maximum absolute atomic E-state index is 11.7. The van der Waals surface area contributed by atoms with Gasteiger partial charge in [-0.2, -0.15) is 0 Å². The summed E-state index contributed by atoms with van der Waals surface area (Å²) in [6.07, 6.45) is -0.0659. The van der Waals surface area contributed by atoms with Gasteiger partial charge in [0.05, 0.1) is 11.1 Å². The van der Waals surface area contributed by atoms with E-state index in [4.69, 9.17) is 22.1 Å². The number of carbonyl (C=O) groups is 1. The first-order chi connectivity index (χ1) is 7.54. The van der Waals surface area contributed by atoms with Crippen LogP contribution < -0.4 is 11.1 Å². The van der Waals surface area contributed by atoms with Crippen LogP contribution in [0.4, 0.5) is 5.82 Å².